The van der Waals surface area contributed by atoms with Gasteiger partial charge in [0.25, 0.3) is 0 Å². The molecule has 0 aliphatic heterocycles. The Morgan fingerprint density at radius 3 is 2.94 bits per heavy atom. The summed E-state index contributed by atoms with van der Waals surface area (Å²) in [4.78, 5) is 0.867. The molecule has 0 bridgehead atoms. The molecule has 2 aromatic heterocycles. The van der Waals surface area contributed by atoms with Crippen molar-refractivity contribution in [1.29, 1.82) is 0 Å². The molecule has 92 valence electrons. The molecule has 3 N–H and O–H groups in total. The molecule has 0 saturated heterocycles. The Hall–Kier alpha value is -1.22. The first-order valence-electron chi connectivity index (χ1n) is 4.79. The number of sulfonamides is 1. The van der Waals surface area contributed by atoms with Gasteiger partial charge in [-0.2, -0.15) is 0 Å². The van der Waals surface area contributed by atoms with Crippen LogP contribution < -0.4 is 10.5 Å². The van der Waals surface area contributed by atoms with Crippen LogP contribution in [0.3, 0.4) is 0 Å². The zero-order valence-electron chi connectivity index (χ0n) is 8.79. The highest BCUT2D eigenvalue weighted by atomic mass is 32.2. The lowest BCUT2D eigenvalue weighted by atomic mass is 10.4. The van der Waals surface area contributed by atoms with Crippen molar-refractivity contribution in [2.75, 3.05) is 0 Å². The molecule has 2 aromatic rings. The van der Waals surface area contributed by atoms with E-state index in [0.717, 1.165) is 0 Å². The van der Waals surface area contributed by atoms with E-state index in [9.17, 15) is 8.42 Å². The molecule has 0 amide bonds. The summed E-state index contributed by atoms with van der Waals surface area (Å²) in [7, 11) is -3.54. The highest BCUT2D eigenvalue weighted by molar-refractivity contribution is 7.89. The van der Waals surface area contributed by atoms with Crippen molar-refractivity contribution in [2.24, 2.45) is 5.73 Å². The highest BCUT2D eigenvalue weighted by Crippen LogP contribution is 2.21. The smallest absolute Gasteiger partial charge is 0.242 e. The van der Waals surface area contributed by atoms with Crippen LogP contribution in [0.1, 0.15) is 10.6 Å². The van der Waals surface area contributed by atoms with Gasteiger partial charge in [-0.1, -0.05) is 5.16 Å². The molecule has 0 saturated carbocycles. The third-order valence-corrected chi connectivity index (χ3v) is 4.67. The van der Waals surface area contributed by atoms with Crippen molar-refractivity contribution in [3.8, 4) is 0 Å². The number of rotatable bonds is 5. The molecule has 0 atom stereocenters. The van der Waals surface area contributed by atoms with Gasteiger partial charge in [-0.3, -0.25) is 0 Å². The summed E-state index contributed by atoms with van der Waals surface area (Å²) in [6.45, 7) is 0.302. The van der Waals surface area contributed by atoms with Gasteiger partial charge in [-0.05, 0) is 11.4 Å². The highest BCUT2D eigenvalue weighted by Gasteiger charge is 2.18. The van der Waals surface area contributed by atoms with Crippen LogP contribution in [0.25, 0.3) is 0 Å². The van der Waals surface area contributed by atoms with E-state index < -0.39 is 10.0 Å². The summed E-state index contributed by atoms with van der Waals surface area (Å²) in [5.41, 5.74) is 6.00. The molecule has 0 fully saturated rings. The number of hydrogen-bond donors (Lipinski definition) is 2. The van der Waals surface area contributed by atoms with E-state index in [2.05, 4.69) is 14.4 Å². The van der Waals surface area contributed by atoms with Crippen molar-refractivity contribution in [3.05, 3.63) is 34.3 Å². The first-order chi connectivity index (χ1) is 8.13. The second kappa shape index (κ2) is 4.96. The van der Waals surface area contributed by atoms with Gasteiger partial charge in [0, 0.05) is 17.5 Å². The van der Waals surface area contributed by atoms with Gasteiger partial charge >= 0.3 is 0 Å². The SMILES string of the molecule is NCc1sccc1S(=O)(=O)NCc1ccon1. The largest absolute Gasteiger partial charge is 0.364 e. The van der Waals surface area contributed by atoms with Gasteiger partial charge < -0.3 is 10.3 Å². The number of nitrogens with one attached hydrogen (secondary N) is 1. The molecule has 0 unspecified atom stereocenters. The quantitative estimate of drug-likeness (QED) is 0.834. The molecule has 0 aromatic carbocycles. The van der Waals surface area contributed by atoms with Gasteiger partial charge in [-0.15, -0.1) is 11.3 Å². The van der Waals surface area contributed by atoms with Gasteiger partial charge in [0.2, 0.25) is 10.0 Å². The zero-order chi connectivity index (χ0) is 12.3. The Kier molecular flexibility index (Phi) is 3.57. The fraction of sp³-hybridized carbons (Fsp3) is 0.222. The van der Waals surface area contributed by atoms with Crippen LogP contribution in [0.2, 0.25) is 0 Å². The van der Waals surface area contributed by atoms with Crippen molar-refractivity contribution in [1.82, 2.24) is 9.88 Å². The average molecular weight is 273 g/mol. The van der Waals surface area contributed by atoms with Crippen LogP contribution in [0.5, 0.6) is 0 Å². The lowest BCUT2D eigenvalue weighted by Crippen LogP contribution is -2.24. The molecule has 2 rings (SSSR count). The molecule has 17 heavy (non-hydrogen) atoms. The van der Waals surface area contributed by atoms with E-state index >= 15 is 0 Å². The molecule has 0 aliphatic rings. The Bertz CT molecular complexity index is 574. The first-order valence-corrected chi connectivity index (χ1v) is 7.15. The van der Waals surface area contributed by atoms with Crippen LogP contribution in [0.4, 0.5) is 0 Å². The standard InChI is InChI=1S/C9H11N3O3S2/c10-5-8-9(2-4-16-8)17(13,14)11-6-7-1-3-15-12-7/h1-4,11H,5-6,10H2. The van der Waals surface area contributed by atoms with Gasteiger partial charge in [0.1, 0.15) is 6.26 Å². The van der Waals surface area contributed by atoms with Gasteiger partial charge in [0.05, 0.1) is 17.1 Å². The van der Waals surface area contributed by atoms with Crippen LogP contribution in [0.15, 0.2) is 33.2 Å². The van der Waals surface area contributed by atoms with Crippen molar-refractivity contribution < 1.29 is 12.9 Å². The molecule has 6 nitrogen and oxygen atoms in total. The number of nitrogens with two attached hydrogens (primary N) is 1. The maximum absolute atomic E-state index is 11.9. The lowest BCUT2D eigenvalue weighted by molar-refractivity contribution is 0.411. The summed E-state index contributed by atoms with van der Waals surface area (Å²) in [5.74, 6) is 0. The Morgan fingerprint density at radius 1 is 1.47 bits per heavy atom. The summed E-state index contributed by atoms with van der Waals surface area (Å²) in [5, 5.41) is 5.32. The van der Waals surface area contributed by atoms with Crippen molar-refractivity contribution >= 4 is 21.4 Å². The molecular formula is C9H11N3O3S2. The number of aromatic nitrogens is 1. The maximum Gasteiger partial charge on any atom is 0.242 e. The van der Waals surface area contributed by atoms with E-state index in [0.29, 0.717) is 10.6 Å². The predicted molar refractivity (Wildman–Crippen MR) is 62.7 cm³/mol. The molecule has 8 heteroatoms. The first kappa shape index (κ1) is 12.2. The minimum atomic E-state index is -3.54. The van der Waals surface area contributed by atoms with Crippen LogP contribution in [0, 0.1) is 0 Å². The topological polar surface area (TPSA) is 98.2 Å². The Balaban J connectivity index is 2.14. The van der Waals surface area contributed by atoms with Crippen LogP contribution in [-0.2, 0) is 23.1 Å². The maximum atomic E-state index is 11.9. The Morgan fingerprint density at radius 2 is 2.29 bits per heavy atom. The molecule has 0 spiro atoms. The number of thiophene rings is 1. The summed E-state index contributed by atoms with van der Waals surface area (Å²) < 4.78 is 31.0. The number of nitrogens with zero attached hydrogens (tertiary/aromatic N) is 1. The van der Waals surface area contributed by atoms with Crippen LogP contribution in [-0.4, -0.2) is 13.6 Å². The second-order valence-electron chi connectivity index (χ2n) is 3.23. The molecular weight excluding hydrogens is 262 g/mol. The van der Waals surface area contributed by atoms with E-state index in [-0.39, 0.29) is 18.0 Å². The summed E-state index contributed by atoms with van der Waals surface area (Å²) >= 11 is 1.32. The van der Waals surface area contributed by atoms with E-state index in [1.165, 1.54) is 23.7 Å². The second-order valence-corrected chi connectivity index (χ2v) is 5.96. The predicted octanol–water partition coefficient (Wildman–Crippen LogP) is 0.673. The monoisotopic (exact) mass is 273 g/mol. The van der Waals surface area contributed by atoms with E-state index in [4.69, 9.17) is 5.73 Å². The van der Waals surface area contributed by atoms with Crippen molar-refractivity contribution in [2.45, 2.75) is 18.0 Å². The average Bonchev–Trinajstić information content (AvgIpc) is 2.97. The normalized spacial score (nSPS) is 11.8. The molecule has 0 radical (unpaired) electrons. The van der Waals surface area contributed by atoms with E-state index in [1.807, 2.05) is 0 Å². The van der Waals surface area contributed by atoms with E-state index in [1.54, 1.807) is 11.4 Å². The minimum Gasteiger partial charge on any atom is -0.364 e. The molecule has 2 heterocycles. The van der Waals surface area contributed by atoms with Crippen LogP contribution >= 0.6 is 11.3 Å². The summed E-state index contributed by atoms with van der Waals surface area (Å²) in [6, 6.07) is 3.14. The zero-order valence-corrected chi connectivity index (χ0v) is 10.4. The molecule has 0 aliphatic carbocycles. The third-order valence-electron chi connectivity index (χ3n) is 2.11. The minimum absolute atomic E-state index is 0.0959. The van der Waals surface area contributed by atoms with Gasteiger partial charge in [-0.25, -0.2) is 13.1 Å². The van der Waals surface area contributed by atoms with Gasteiger partial charge in [0.15, 0.2) is 0 Å². The summed E-state index contributed by atoms with van der Waals surface area (Å²) in [6.07, 6.45) is 1.39. The third kappa shape index (κ3) is 2.72. The fourth-order valence-corrected chi connectivity index (χ4v) is 3.62. The lowest BCUT2D eigenvalue weighted by Gasteiger charge is -2.04. The number of hydrogen-bond acceptors (Lipinski definition) is 6. The van der Waals surface area contributed by atoms with Crippen molar-refractivity contribution in [3.63, 3.8) is 0 Å². The Labute approximate surface area is 102 Å². The fourth-order valence-electron chi connectivity index (χ4n) is 1.29.